The summed E-state index contributed by atoms with van der Waals surface area (Å²) in [5.41, 5.74) is -1.11. The van der Waals surface area contributed by atoms with Crippen molar-refractivity contribution < 1.29 is 18.2 Å². The first kappa shape index (κ1) is 16.4. The maximum Gasteiger partial charge on any atom is 0.276 e. The van der Waals surface area contributed by atoms with Crippen molar-refractivity contribution in [1.29, 1.82) is 0 Å². The average molecular weight is 357 g/mol. The monoisotopic (exact) mass is 357 g/mol. The Kier molecular flexibility index (Phi) is 3.98. The summed E-state index contributed by atoms with van der Waals surface area (Å²) in [5, 5.41) is 7.55. The molecule has 4 heterocycles. The van der Waals surface area contributed by atoms with Gasteiger partial charge in [0.1, 0.15) is 5.76 Å². The van der Waals surface area contributed by atoms with Crippen LogP contribution in [0.5, 0.6) is 0 Å². The van der Waals surface area contributed by atoms with Crippen molar-refractivity contribution in [2.75, 3.05) is 13.1 Å². The second-order valence-electron chi connectivity index (χ2n) is 6.28. The van der Waals surface area contributed by atoms with Gasteiger partial charge in [0, 0.05) is 30.6 Å². The van der Waals surface area contributed by atoms with E-state index in [-0.39, 0.29) is 36.3 Å². The normalized spacial score (nSPS) is 20.3. The van der Waals surface area contributed by atoms with Crippen LogP contribution < -0.4 is 0 Å². The van der Waals surface area contributed by atoms with Gasteiger partial charge in [0.15, 0.2) is 5.69 Å². The van der Waals surface area contributed by atoms with Gasteiger partial charge < -0.3 is 13.9 Å². The van der Waals surface area contributed by atoms with Crippen LogP contribution in [0.1, 0.15) is 35.0 Å². The zero-order valence-corrected chi connectivity index (χ0v) is 14.1. The molecular weight excluding hydrogens is 341 g/mol. The lowest BCUT2D eigenvalue weighted by Gasteiger charge is -2.34. The number of rotatable bonds is 3. The van der Waals surface area contributed by atoms with Gasteiger partial charge in [-0.05, 0) is 31.9 Å². The summed E-state index contributed by atoms with van der Waals surface area (Å²) in [5.74, 6) is 0.274. The van der Waals surface area contributed by atoms with Crippen molar-refractivity contribution >= 4 is 5.91 Å². The second kappa shape index (κ2) is 6.32. The van der Waals surface area contributed by atoms with E-state index < -0.39 is 5.67 Å². The van der Waals surface area contributed by atoms with E-state index in [2.05, 4.69) is 20.3 Å². The third-order valence-corrected chi connectivity index (χ3v) is 4.31. The highest BCUT2D eigenvalue weighted by atomic mass is 19.1. The third kappa shape index (κ3) is 2.96. The number of aryl methyl sites for hydroxylation is 1. The predicted molar refractivity (Wildman–Crippen MR) is 86.7 cm³/mol. The molecule has 8 nitrogen and oxygen atoms in total. The Labute approximate surface area is 148 Å². The van der Waals surface area contributed by atoms with Crippen LogP contribution in [0.2, 0.25) is 0 Å². The molecular formula is C17H16FN5O3. The van der Waals surface area contributed by atoms with Crippen molar-refractivity contribution in [1.82, 2.24) is 25.2 Å². The molecule has 0 spiro atoms. The number of pyridine rings is 1. The fourth-order valence-electron chi connectivity index (χ4n) is 3.01. The number of piperidine rings is 1. The third-order valence-electron chi connectivity index (χ3n) is 4.31. The minimum atomic E-state index is -1.90. The van der Waals surface area contributed by atoms with E-state index in [0.717, 1.165) is 0 Å². The Morgan fingerprint density at radius 1 is 1.35 bits per heavy atom. The summed E-state index contributed by atoms with van der Waals surface area (Å²) in [6.45, 7) is 1.95. The first-order valence-electron chi connectivity index (χ1n) is 8.21. The molecule has 0 aromatic carbocycles. The van der Waals surface area contributed by atoms with Crippen LogP contribution in [-0.2, 0) is 5.67 Å². The average Bonchev–Trinajstić information content (AvgIpc) is 3.32. The van der Waals surface area contributed by atoms with E-state index >= 15 is 4.39 Å². The zero-order valence-electron chi connectivity index (χ0n) is 14.1. The molecule has 3 aromatic rings. The number of carbonyl (C=O) groups is 1. The van der Waals surface area contributed by atoms with Crippen molar-refractivity contribution in [2.24, 2.45) is 0 Å². The number of aromatic nitrogens is 4. The molecule has 0 aliphatic carbocycles. The lowest BCUT2D eigenvalue weighted by Crippen LogP contribution is -2.46. The van der Waals surface area contributed by atoms with Gasteiger partial charge >= 0.3 is 0 Å². The van der Waals surface area contributed by atoms with Crippen molar-refractivity contribution in [3.8, 4) is 11.4 Å². The highest BCUT2D eigenvalue weighted by Crippen LogP contribution is 2.36. The Hall–Kier alpha value is -3.10. The first-order valence-corrected chi connectivity index (χ1v) is 8.21. The predicted octanol–water partition coefficient (Wildman–Crippen LogP) is 2.53. The summed E-state index contributed by atoms with van der Waals surface area (Å²) in [4.78, 5) is 22.1. The Morgan fingerprint density at radius 3 is 2.96 bits per heavy atom. The van der Waals surface area contributed by atoms with Crippen LogP contribution in [0.4, 0.5) is 4.39 Å². The zero-order chi connectivity index (χ0) is 18.1. The molecule has 0 N–H and O–H groups in total. The summed E-state index contributed by atoms with van der Waals surface area (Å²) in [6, 6.07) is 5.03. The van der Waals surface area contributed by atoms with Gasteiger partial charge in [0.25, 0.3) is 11.8 Å². The molecule has 3 aromatic heterocycles. The maximum absolute atomic E-state index is 15.5. The Balaban J connectivity index is 1.56. The Bertz CT molecular complexity index is 925. The fourth-order valence-corrected chi connectivity index (χ4v) is 3.01. The van der Waals surface area contributed by atoms with E-state index in [1.54, 1.807) is 31.5 Å². The minimum absolute atomic E-state index is 0.134. The fraction of sp³-hybridized carbons (Fsp3) is 0.353. The molecule has 1 saturated heterocycles. The molecule has 4 rings (SSSR count). The maximum atomic E-state index is 15.5. The molecule has 26 heavy (non-hydrogen) atoms. The number of nitrogens with zero attached hydrogens (tertiary/aromatic N) is 5. The number of halogens is 1. The van der Waals surface area contributed by atoms with E-state index in [0.29, 0.717) is 24.3 Å². The number of hydrogen-bond donors (Lipinski definition) is 0. The van der Waals surface area contributed by atoms with E-state index in [9.17, 15) is 4.79 Å². The molecule has 0 radical (unpaired) electrons. The smallest absolute Gasteiger partial charge is 0.276 e. The van der Waals surface area contributed by atoms with Crippen LogP contribution in [0.3, 0.4) is 0 Å². The van der Waals surface area contributed by atoms with Crippen LogP contribution in [0.25, 0.3) is 11.4 Å². The number of amides is 1. The minimum Gasteiger partial charge on any atom is -0.361 e. The quantitative estimate of drug-likeness (QED) is 0.710. The molecule has 0 bridgehead atoms. The summed E-state index contributed by atoms with van der Waals surface area (Å²) >= 11 is 0. The highest BCUT2D eigenvalue weighted by molar-refractivity contribution is 5.92. The molecule has 0 saturated carbocycles. The molecule has 1 aliphatic heterocycles. The van der Waals surface area contributed by atoms with E-state index in [1.807, 2.05) is 0 Å². The molecule has 1 atom stereocenters. The topological polar surface area (TPSA) is 98.2 Å². The second-order valence-corrected chi connectivity index (χ2v) is 6.28. The van der Waals surface area contributed by atoms with E-state index in [1.165, 1.54) is 11.0 Å². The van der Waals surface area contributed by atoms with Gasteiger partial charge in [0.2, 0.25) is 11.5 Å². The molecule has 1 fully saturated rings. The van der Waals surface area contributed by atoms with Crippen LogP contribution in [-0.4, -0.2) is 44.2 Å². The van der Waals surface area contributed by atoms with Gasteiger partial charge in [-0.1, -0.05) is 10.3 Å². The lowest BCUT2D eigenvalue weighted by molar-refractivity contribution is 0.0147. The summed E-state index contributed by atoms with van der Waals surface area (Å²) in [6.07, 6.45) is 3.87. The van der Waals surface area contributed by atoms with Crippen molar-refractivity contribution in [3.63, 3.8) is 0 Å². The van der Waals surface area contributed by atoms with Gasteiger partial charge in [-0.15, -0.1) is 0 Å². The van der Waals surface area contributed by atoms with Gasteiger partial charge in [-0.25, -0.2) is 4.39 Å². The van der Waals surface area contributed by atoms with Gasteiger partial charge in [0.05, 0.1) is 6.54 Å². The van der Waals surface area contributed by atoms with Crippen LogP contribution >= 0.6 is 0 Å². The lowest BCUT2D eigenvalue weighted by atomic mass is 9.94. The molecule has 1 aliphatic rings. The molecule has 1 unspecified atom stereocenters. The summed E-state index contributed by atoms with van der Waals surface area (Å²) < 4.78 is 25.6. The SMILES string of the molecule is Cc1cc(C(=O)N2CCCC(F)(c3nc(-c4cccnc4)no3)C2)no1. The highest BCUT2D eigenvalue weighted by Gasteiger charge is 2.44. The number of alkyl halides is 1. The molecule has 1 amide bonds. The molecule has 134 valence electrons. The van der Waals surface area contributed by atoms with Crippen molar-refractivity contribution in [3.05, 3.63) is 47.9 Å². The first-order chi connectivity index (χ1) is 12.5. The largest absolute Gasteiger partial charge is 0.361 e. The molecule has 9 heteroatoms. The Morgan fingerprint density at radius 2 is 2.23 bits per heavy atom. The summed E-state index contributed by atoms with van der Waals surface area (Å²) in [7, 11) is 0. The van der Waals surface area contributed by atoms with Gasteiger partial charge in [-0.2, -0.15) is 4.98 Å². The van der Waals surface area contributed by atoms with E-state index in [4.69, 9.17) is 9.05 Å². The number of hydrogen-bond acceptors (Lipinski definition) is 7. The van der Waals surface area contributed by atoms with Crippen LogP contribution in [0, 0.1) is 6.92 Å². The number of likely N-dealkylation sites (tertiary alicyclic amines) is 1. The number of carbonyl (C=O) groups excluding carboxylic acids is 1. The van der Waals surface area contributed by atoms with Crippen molar-refractivity contribution in [2.45, 2.75) is 25.4 Å². The van der Waals surface area contributed by atoms with Crippen LogP contribution in [0.15, 0.2) is 39.6 Å². The van der Waals surface area contributed by atoms with Gasteiger partial charge in [-0.3, -0.25) is 9.78 Å². The standard InChI is InChI=1S/C17H16FN5O3/c1-11-8-13(21-25-11)15(24)23-7-3-5-17(18,10-23)16-20-14(22-26-16)12-4-2-6-19-9-12/h2,4,6,8-9H,3,5,7,10H2,1H3.